The molecule has 3 heteroatoms. The molecule has 38 valence electrons. The fourth-order valence-electron chi connectivity index (χ4n) is 0.277. The molecule has 0 aliphatic carbocycles. The Morgan fingerprint density at radius 2 is 2.14 bits per heavy atom. The van der Waals surface area contributed by atoms with Crippen LogP contribution in [0.5, 0.6) is 0 Å². The summed E-state index contributed by atoms with van der Waals surface area (Å²) in [7, 11) is 0. The third-order valence-corrected chi connectivity index (χ3v) is 0.517. The van der Waals surface area contributed by atoms with E-state index in [0.29, 0.717) is 0 Å². The zero-order chi connectivity index (χ0) is 4.24. The smallest absolute Gasteiger partial charge is 0.193 e. The Labute approximate surface area is 52.4 Å². The molecule has 0 saturated carbocycles. The van der Waals surface area contributed by atoms with Crippen LogP contribution in [0.4, 0.5) is 0 Å². The van der Waals surface area contributed by atoms with Crippen LogP contribution in [-0.2, 0) is 0 Å². The monoisotopic (exact) mass is 160 g/mol. The van der Waals surface area contributed by atoms with Gasteiger partial charge in [-0.3, -0.25) is 0 Å². The lowest BCUT2D eigenvalue weighted by atomic mass is 10.6. The van der Waals surface area contributed by atoms with Crippen molar-refractivity contribution in [1.29, 1.82) is 0 Å². The van der Waals surface area contributed by atoms with Crippen molar-refractivity contribution in [2.75, 3.05) is 0 Å². The summed E-state index contributed by atoms with van der Waals surface area (Å²) >= 11 is 0. The molecule has 1 aromatic rings. The van der Waals surface area contributed by atoms with Crippen molar-refractivity contribution < 1.29 is 22.1 Å². The minimum atomic E-state index is 0. The minimum Gasteiger partial charge on any atom is -1.00 e. The number of H-pyrrole nitrogens is 1. The molecule has 0 radical (unpaired) electrons. The van der Waals surface area contributed by atoms with Gasteiger partial charge >= 0.3 is 0 Å². The fraction of sp³-hybridized carbons (Fsp3) is 0. The predicted octanol–water partition coefficient (Wildman–Crippen LogP) is -3.10. The van der Waals surface area contributed by atoms with Crippen LogP contribution in [0, 0.1) is 0 Å². The van der Waals surface area contributed by atoms with Gasteiger partial charge in [0, 0.05) is 6.07 Å². The summed E-state index contributed by atoms with van der Waals surface area (Å²) in [4.78, 5) is 0. The molecule has 2 nitrogen and oxygen atoms in total. The molecule has 0 amide bonds. The second-order valence-electron chi connectivity index (χ2n) is 0.959. The summed E-state index contributed by atoms with van der Waals surface area (Å²) in [5.74, 6) is 0. The summed E-state index contributed by atoms with van der Waals surface area (Å²) in [6, 6.07) is 3.74. The van der Waals surface area contributed by atoms with Gasteiger partial charge in [0.25, 0.3) is 0 Å². The lowest BCUT2D eigenvalue weighted by Crippen LogP contribution is -3.00. The highest BCUT2D eigenvalue weighted by Crippen LogP contribution is 1.63. The number of rotatable bonds is 0. The summed E-state index contributed by atoms with van der Waals surface area (Å²) in [6.07, 6.45) is 3.46. The number of nitrogens with one attached hydrogen (secondary N) is 1. The van der Waals surface area contributed by atoms with Crippen LogP contribution in [0.2, 0.25) is 0 Å². The first-order valence-electron chi connectivity index (χ1n) is 1.77. The predicted molar refractivity (Wildman–Crippen MR) is 20.8 cm³/mol. The van der Waals surface area contributed by atoms with Crippen LogP contribution >= 0.6 is 0 Å². The number of nitrogens with zero attached hydrogens (tertiary/aromatic N) is 1. The van der Waals surface area contributed by atoms with E-state index in [1.807, 2.05) is 12.1 Å². The molecule has 0 spiro atoms. The molecule has 7 heavy (non-hydrogen) atoms. The zero-order valence-corrected chi connectivity index (χ0v) is 5.22. The average molecular weight is 161 g/mol. The van der Waals surface area contributed by atoms with Gasteiger partial charge in [-0.05, 0) is 11.2 Å². The van der Waals surface area contributed by atoms with E-state index in [1.54, 1.807) is 12.4 Å². The van der Waals surface area contributed by atoms with E-state index in [9.17, 15) is 0 Å². The van der Waals surface area contributed by atoms with Crippen molar-refractivity contribution in [3.8, 4) is 0 Å². The van der Waals surface area contributed by atoms with Gasteiger partial charge in [0.1, 0.15) is 0 Å². The molecule has 0 aromatic carbocycles. The molecule has 0 bridgehead atoms. The average Bonchev–Trinajstić information content (AvgIpc) is 1.72. The molecule has 1 rings (SSSR count). The van der Waals surface area contributed by atoms with E-state index in [-0.39, 0.29) is 17.0 Å². The van der Waals surface area contributed by atoms with Crippen LogP contribution in [0.1, 0.15) is 0 Å². The number of hydrogen-bond donors (Lipinski definition) is 0. The summed E-state index contributed by atoms with van der Waals surface area (Å²) < 4.78 is 0. The van der Waals surface area contributed by atoms with Crippen molar-refractivity contribution in [3.63, 3.8) is 0 Å². The Bertz CT molecular complexity index is 81.6. The SMILES string of the molecule is [Br-].c1cc[nH+]nc1. The first kappa shape index (κ1) is 6.56. The van der Waals surface area contributed by atoms with E-state index >= 15 is 0 Å². The highest BCUT2D eigenvalue weighted by Gasteiger charge is 1.66. The van der Waals surface area contributed by atoms with Gasteiger partial charge in [0.2, 0.25) is 0 Å². The molecule has 1 heterocycles. The summed E-state index contributed by atoms with van der Waals surface area (Å²) in [5, 5.41) is 6.30. The standard InChI is InChI=1S/C4H4N2.BrH/c1-2-4-6-5-3-1;/h1-4H;1H. The van der Waals surface area contributed by atoms with Crippen LogP contribution in [0.3, 0.4) is 0 Å². The molecular weight excluding hydrogens is 156 g/mol. The molecule has 0 unspecified atom stereocenters. The van der Waals surface area contributed by atoms with Crippen LogP contribution in [-0.4, -0.2) is 5.10 Å². The topological polar surface area (TPSA) is 27.0 Å². The Hall–Kier alpha value is -0.440. The van der Waals surface area contributed by atoms with Crippen LogP contribution in [0.15, 0.2) is 24.5 Å². The molecule has 0 saturated heterocycles. The van der Waals surface area contributed by atoms with E-state index in [4.69, 9.17) is 0 Å². The van der Waals surface area contributed by atoms with Gasteiger partial charge in [-0.2, -0.15) is 0 Å². The first-order chi connectivity index (χ1) is 3.00. The van der Waals surface area contributed by atoms with Crippen molar-refractivity contribution in [2.45, 2.75) is 0 Å². The molecule has 0 fully saturated rings. The van der Waals surface area contributed by atoms with E-state index in [2.05, 4.69) is 10.2 Å². The van der Waals surface area contributed by atoms with Crippen molar-refractivity contribution in [3.05, 3.63) is 24.5 Å². The molecule has 1 aromatic heterocycles. The summed E-state index contributed by atoms with van der Waals surface area (Å²) in [5.41, 5.74) is 0. The second-order valence-corrected chi connectivity index (χ2v) is 0.959. The zero-order valence-electron chi connectivity index (χ0n) is 3.63. The normalized spacial score (nSPS) is 6.86. The van der Waals surface area contributed by atoms with Gasteiger partial charge in [-0.1, -0.05) is 0 Å². The first-order valence-corrected chi connectivity index (χ1v) is 1.77. The maximum Gasteiger partial charge on any atom is 0.193 e. The number of aromatic nitrogens is 2. The van der Waals surface area contributed by atoms with E-state index in [1.165, 1.54) is 0 Å². The largest absolute Gasteiger partial charge is 1.00 e. The fourth-order valence-corrected chi connectivity index (χ4v) is 0.277. The molecule has 0 aliphatic heterocycles. The highest BCUT2D eigenvalue weighted by atomic mass is 79.9. The Morgan fingerprint density at radius 3 is 2.29 bits per heavy atom. The van der Waals surface area contributed by atoms with Crippen LogP contribution < -0.4 is 22.1 Å². The number of halogens is 1. The van der Waals surface area contributed by atoms with Gasteiger partial charge in [-0.15, -0.1) is 5.10 Å². The maximum absolute atomic E-state index is 3.66. The third kappa shape index (κ3) is 2.28. The Balaban J connectivity index is 0.000000360. The number of aromatic amines is 1. The molecule has 0 aliphatic rings. The van der Waals surface area contributed by atoms with Crippen molar-refractivity contribution in [2.24, 2.45) is 0 Å². The van der Waals surface area contributed by atoms with E-state index < -0.39 is 0 Å². The van der Waals surface area contributed by atoms with Gasteiger partial charge in [0.15, 0.2) is 6.20 Å². The van der Waals surface area contributed by atoms with Crippen LogP contribution in [0.25, 0.3) is 0 Å². The lowest BCUT2D eigenvalue weighted by Gasteiger charge is -1.61. The quantitative estimate of drug-likeness (QED) is 0.396. The molecular formula is C4H5BrN2. The lowest BCUT2D eigenvalue weighted by molar-refractivity contribution is -0.455. The molecule has 0 atom stereocenters. The Morgan fingerprint density at radius 1 is 1.29 bits per heavy atom. The third-order valence-electron chi connectivity index (χ3n) is 0.517. The van der Waals surface area contributed by atoms with Gasteiger partial charge < -0.3 is 17.0 Å². The second kappa shape index (κ2) is 3.74. The maximum atomic E-state index is 3.66. The van der Waals surface area contributed by atoms with Crippen molar-refractivity contribution in [1.82, 2.24) is 5.10 Å². The van der Waals surface area contributed by atoms with Crippen molar-refractivity contribution >= 4 is 0 Å². The Kier molecular flexibility index (Phi) is 3.50. The number of hydrogen-bond acceptors (Lipinski definition) is 1. The van der Waals surface area contributed by atoms with Gasteiger partial charge in [-0.25, -0.2) is 0 Å². The minimum absolute atomic E-state index is 0. The van der Waals surface area contributed by atoms with Gasteiger partial charge in [0.05, 0.1) is 6.20 Å². The van der Waals surface area contributed by atoms with E-state index in [0.717, 1.165) is 0 Å². The summed E-state index contributed by atoms with van der Waals surface area (Å²) in [6.45, 7) is 0. The highest BCUT2D eigenvalue weighted by molar-refractivity contribution is 4.75. The molecule has 1 N–H and O–H groups in total.